The molecule has 19 heavy (non-hydrogen) atoms. The van der Waals surface area contributed by atoms with Gasteiger partial charge in [-0.2, -0.15) is 0 Å². The van der Waals surface area contributed by atoms with Crippen LogP contribution >= 0.6 is 0 Å². The van der Waals surface area contributed by atoms with E-state index in [-0.39, 0.29) is 12.2 Å². The zero-order valence-corrected chi connectivity index (χ0v) is 11.6. The van der Waals surface area contributed by atoms with Crippen LogP contribution in [0, 0.1) is 0 Å². The Balaban J connectivity index is 2.14. The predicted molar refractivity (Wildman–Crippen MR) is 74.2 cm³/mol. The minimum absolute atomic E-state index is 0.0395. The number of rotatable bonds is 2. The van der Waals surface area contributed by atoms with E-state index in [0.29, 0.717) is 11.6 Å². The number of aliphatic hydroxyl groups excluding tert-OH is 1. The molecule has 1 fully saturated rings. The monoisotopic (exact) mass is 262 g/mol. The molecule has 0 bridgehead atoms. The lowest BCUT2D eigenvalue weighted by atomic mass is 10.0. The summed E-state index contributed by atoms with van der Waals surface area (Å²) in [6, 6.07) is 2.27. The highest BCUT2D eigenvalue weighted by molar-refractivity contribution is 5.29. The summed E-state index contributed by atoms with van der Waals surface area (Å²) >= 11 is 0. The minimum Gasteiger partial charge on any atom is -0.391 e. The highest BCUT2D eigenvalue weighted by Crippen LogP contribution is 2.31. The van der Waals surface area contributed by atoms with Crippen molar-refractivity contribution in [3.63, 3.8) is 0 Å². The van der Waals surface area contributed by atoms with Gasteiger partial charge in [-0.3, -0.25) is 4.79 Å². The third kappa shape index (κ3) is 2.23. The molecule has 104 valence electrons. The largest absolute Gasteiger partial charge is 0.391 e. The molecule has 2 heterocycles. The van der Waals surface area contributed by atoms with E-state index in [4.69, 9.17) is 0 Å². The van der Waals surface area contributed by atoms with Gasteiger partial charge in [-0.1, -0.05) is 12.8 Å². The molecular weight excluding hydrogens is 240 g/mol. The maximum Gasteiger partial charge on any atom is 0.256 e. The number of hydrogen-bond acceptors (Lipinski definition) is 3. The molecule has 0 saturated heterocycles. The molecular formula is C15H22N2O2. The lowest BCUT2D eigenvalue weighted by molar-refractivity contribution is 0.272. The number of aromatic nitrogens is 1. The van der Waals surface area contributed by atoms with Gasteiger partial charge >= 0.3 is 0 Å². The van der Waals surface area contributed by atoms with Crippen molar-refractivity contribution in [1.29, 1.82) is 0 Å². The Bertz CT molecular complexity index is 530. The van der Waals surface area contributed by atoms with Gasteiger partial charge in [-0.05, 0) is 31.5 Å². The lowest BCUT2D eigenvalue weighted by Crippen LogP contribution is -2.36. The second kappa shape index (κ2) is 5.10. The van der Waals surface area contributed by atoms with Gasteiger partial charge in [-0.15, -0.1) is 0 Å². The standard InChI is InChI=1S/C15H22N2O2/c1-16-7-6-14-11(9-16)8-12(10-18)15(19)17(14)13-4-2-3-5-13/h8,13,18H,2-7,9-10H2,1H3. The third-order valence-corrected chi connectivity index (χ3v) is 4.53. The number of likely N-dealkylation sites (N-methyl/N-ethyl adjacent to an activating group) is 1. The Morgan fingerprint density at radius 3 is 2.79 bits per heavy atom. The highest BCUT2D eigenvalue weighted by atomic mass is 16.3. The molecule has 0 aromatic carbocycles. The normalized spacial score (nSPS) is 20.7. The molecule has 1 aromatic heterocycles. The van der Waals surface area contributed by atoms with Crippen molar-refractivity contribution >= 4 is 0 Å². The third-order valence-electron chi connectivity index (χ3n) is 4.53. The second-order valence-electron chi connectivity index (χ2n) is 5.90. The van der Waals surface area contributed by atoms with Gasteiger partial charge < -0.3 is 14.6 Å². The molecule has 1 aliphatic carbocycles. The van der Waals surface area contributed by atoms with Crippen LogP contribution in [0.25, 0.3) is 0 Å². The van der Waals surface area contributed by atoms with Gasteiger partial charge in [-0.25, -0.2) is 0 Å². The van der Waals surface area contributed by atoms with E-state index in [1.807, 2.05) is 10.6 Å². The first-order valence-electron chi connectivity index (χ1n) is 7.26. The lowest BCUT2D eigenvalue weighted by Gasteiger charge is -2.30. The van der Waals surface area contributed by atoms with Gasteiger partial charge in [0.15, 0.2) is 0 Å². The average Bonchev–Trinajstić information content (AvgIpc) is 2.92. The van der Waals surface area contributed by atoms with Crippen LogP contribution in [-0.4, -0.2) is 28.2 Å². The Kier molecular flexibility index (Phi) is 3.46. The summed E-state index contributed by atoms with van der Waals surface area (Å²) in [5.41, 5.74) is 3.04. The van der Waals surface area contributed by atoms with Crippen molar-refractivity contribution in [2.75, 3.05) is 13.6 Å². The first-order chi connectivity index (χ1) is 9.20. The van der Waals surface area contributed by atoms with Crippen molar-refractivity contribution in [1.82, 2.24) is 9.47 Å². The van der Waals surface area contributed by atoms with Crippen LogP contribution in [0.3, 0.4) is 0 Å². The summed E-state index contributed by atoms with van der Waals surface area (Å²) in [7, 11) is 2.10. The number of fused-ring (bicyclic) bond motifs is 1. The molecule has 0 radical (unpaired) electrons. The van der Waals surface area contributed by atoms with E-state index in [1.165, 1.54) is 24.1 Å². The molecule has 2 aliphatic rings. The van der Waals surface area contributed by atoms with Crippen molar-refractivity contribution in [3.8, 4) is 0 Å². The number of nitrogens with zero attached hydrogens (tertiary/aromatic N) is 2. The topological polar surface area (TPSA) is 45.5 Å². The number of aliphatic hydroxyl groups is 1. The fraction of sp³-hybridized carbons (Fsp3) is 0.667. The van der Waals surface area contributed by atoms with Crippen molar-refractivity contribution < 1.29 is 5.11 Å². The smallest absolute Gasteiger partial charge is 0.256 e. The Hall–Kier alpha value is -1.13. The fourth-order valence-electron chi connectivity index (χ4n) is 3.53. The summed E-state index contributed by atoms with van der Waals surface area (Å²) in [6.07, 6.45) is 5.60. The summed E-state index contributed by atoms with van der Waals surface area (Å²) in [4.78, 5) is 14.8. The van der Waals surface area contributed by atoms with E-state index in [2.05, 4.69) is 11.9 Å². The van der Waals surface area contributed by atoms with Gasteiger partial charge in [0, 0.05) is 36.8 Å². The number of hydrogen-bond donors (Lipinski definition) is 1. The van der Waals surface area contributed by atoms with Crippen LogP contribution in [0.1, 0.15) is 48.5 Å². The molecule has 4 nitrogen and oxygen atoms in total. The first-order valence-corrected chi connectivity index (χ1v) is 7.26. The first kappa shape index (κ1) is 12.9. The molecule has 4 heteroatoms. The summed E-state index contributed by atoms with van der Waals surface area (Å²) < 4.78 is 2.01. The van der Waals surface area contributed by atoms with Crippen LogP contribution in [0.5, 0.6) is 0 Å². The molecule has 3 rings (SSSR count). The minimum atomic E-state index is -0.150. The van der Waals surface area contributed by atoms with E-state index >= 15 is 0 Å². The van der Waals surface area contributed by atoms with Crippen molar-refractivity contribution in [3.05, 3.63) is 33.2 Å². The molecule has 1 aliphatic heterocycles. The maximum atomic E-state index is 12.5. The van der Waals surface area contributed by atoms with E-state index < -0.39 is 0 Å². The van der Waals surface area contributed by atoms with E-state index in [9.17, 15) is 9.90 Å². The molecule has 0 unspecified atom stereocenters. The van der Waals surface area contributed by atoms with Crippen LogP contribution < -0.4 is 5.56 Å². The van der Waals surface area contributed by atoms with Gasteiger partial charge in [0.2, 0.25) is 0 Å². The molecule has 0 amide bonds. The SMILES string of the molecule is CN1CCc2c(cc(CO)c(=O)n2C2CCCC2)C1. The highest BCUT2D eigenvalue weighted by Gasteiger charge is 2.25. The molecule has 1 N–H and O–H groups in total. The van der Waals surface area contributed by atoms with Gasteiger partial charge in [0.1, 0.15) is 0 Å². The molecule has 1 saturated carbocycles. The second-order valence-corrected chi connectivity index (χ2v) is 5.90. The molecule has 1 aromatic rings. The van der Waals surface area contributed by atoms with Crippen molar-refractivity contribution in [2.24, 2.45) is 0 Å². The Morgan fingerprint density at radius 2 is 2.11 bits per heavy atom. The van der Waals surface area contributed by atoms with Crippen molar-refractivity contribution in [2.45, 2.75) is 51.3 Å². The van der Waals surface area contributed by atoms with Crippen LogP contribution in [-0.2, 0) is 19.6 Å². The fourth-order valence-corrected chi connectivity index (χ4v) is 3.53. The van der Waals surface area contributed by atoms with E-state index in [1.54, 1.807) is 0 Å². The zero-order valence-electron chi connectivity index (χ0n) is 11.6. The summed E-state index contributed by atoms with van der Waals surface area (Å²) in [5.74, 6) is 0. The summed E-state index contributed by atoms with van der Waals surface area (Å²) in [6.45, 7) is 1.75. The number of pyridine rings is 1. The van der Waals surface area contributed by atoms with Gasteiger partial charge in [0.05, 0.1) is 6.61 Å². The van der Waals surface area contributed by atoms with Crippen LogP contribution in [0.15, 0.2) is 10.9 Å². The predicted octanol–water partition coefficient (Wildman–Crippen LogP) is 1.44. The Labute approximate surface area is 113 Å². The molecule has 0 spiro atoms. The van der Waals surface area contributed by atoms with Crippen LogP contribution in [0.2, 0.25) is 0 Å². The van der Waals surface area contributed by atoms with E-state index in [0.717, 1.165) is 32.4 Å². The quantitative estimate of drug-likeness (QED) is 0.877. The van der Waals surface area contributed by atoms with Gasteiger partial charge in [0.25, 0.3) is 5.56 Å². The maximum absolute atomic E-state index is 12.5. The zero-order chi connectivity index (χ0) is 13.4. The summed E-state index contributed by atoms with van der Waals surface area (Å²) in [5, 5.41) is 9.43. The average molecular weight is 262 g/mol. The molecule has 0 atom stereocenters. The van der Waals surface area contributed by atoms with Crippen LogP contribution in [0.4, 0.5) is 0 Å². The Morgan fingerprint density at radius 1 is 1.37 bits per heavy atom.